The van der Waals surface area contributed by atoms with E-state index in [1.807, 2.05) is 0 Å². The number of benzene rings is 1. The van der Waals surface area contributed by atoms with Crippen molar-refractivity contribution in [2.45, 2.75) is 18.9 Å². The maximum absolute atomic E-state index is 12.4. The Balaban J connectivity index is 2.19. The van der Waals surface area contributed by atoms with E-state index < -0.39 is 18.6 Å². The summed E-state index contributed by atoms with van der Waals surface area (Å²) in [5, 5.41) is 12.1. The number of aliphatic hydroxyl groups is 1. The van der Waals surface area contributed by atoms with Crippen LogP contribution in [-0.2, 0) is 9.59 Å². The summed E-state index contributed by atoms with van der Waals surface area (Å²) < 4.78 is 0. The molecule has 1 aliphatic rings. The van der Waals surface area contributed by atoms with Gasteiger partial charge in [0.05, 0.1) is 10.7 Å². The number of nitrogens with one attached hydrogen (secondary N) is 1. The van der Waals surface area contributed by atoms with Crippen LogP contribution in [0.1, 0.15) is 12.8 Å². The summed E-state index contributed by atoms with van der Waals surface area (Å²) in [7, 11) is 0. The summed E-state index contributed by atoms with van der Waals surface area (Å²) in [6, 6.07) is 4.28. The molecule has 1 aliphatic heterocycles. The minimum atomic E-state index is -0.633. The highest BCUT2D eigenvalue weighted by molar-refractivity contribution is 6.36. The van der Waals surface area contributed by atoms with Gasteiger partial charge in [-0.05, 0) is 31.0 Å². The highest BCUT2D eigenvalue weighted by atomic mass is 35.5. The first kappa shape index (κ1) is 15.1. The van der Waals surface area contributed by atoms with Gasteiger partial charge in [0.2, 0.25) is 11.8 Å². The van der Waals surface area contributed by atoms with E-state index in [1.54, 1.807) is 18.2 Å². The molecule has 0 aliphatic carbocycles. The number of amides is 2. The normalized spacial score (nSPS) is 19.1. The molecule has 1 aromatic carbocycles. The minimum Gasteiger partial charge on any atom is -0.387 e. The predicted octanol–water partition coefficient (Wildman–Crippen LogP) is 1.60. The Hall–Kier alpha value is -1.30. The van der Waals surface area contributed by atoms with Crippen molar-refractivity contribution < 1.29 is 14.7 Å². The molecule has 5 nitrogen and oxygen atoms in total. The van der Waals surface area contributed by atoms with Gasteiger partial charge in [0, 0.05) is 11.6 Å². The average molecular weight is 317 g/mol. The van der Waals surface area contributed by atoms with E-state index in [0.717, 1.165) is 6.42 Å². The number of halogens is 2. The van der Waals surface area contributed by atoms with Gasteiger partial charge in [-0.2, -0.15) is 0 Å². The van der Waals surface area contributed by atoms with Gasteiger partial charge >= 0.3 is 0 Å². The number of hydrogen-bond acceptors (Lipinski definition) is 3. The van der Waals surface area contributed by atoms with Gasteiger partial charge in [0.25, 0.3) is 0 Å². The number of carbonyl (C=O) groups is 2. The molecule has 2 rings (SSSR count). The molecule has 1 aromatic rings. The summed E-state index contributed by atoms with van der Waals surface area (Å²) in [5.74, 6) is -0.797. The van der Waals surface area contributed by atoms with E-state index in [0.29, 0.717) is 28.7 Å². The lowest BCUT2D eigenvalue weighted by molar-refractivity contribution is -0.130. The predicted molar refractivity (Wildman–Crippen MR) is 77.1 cm³/mol. The lowest BCUT2D eigenvalue weighted by atomic mass is 10.0. The number of carbonyl (C=O) groups excluding carboxylic acids is 2. The largest absolute Gasteiger partial charge is 0.387 e. The van der Waals surface area contributed by atoms with Crippen LogP contribution < -0.4 is 10.2 Å². The molecule has 108 valence electrons. The van der Waals surface area contributed by atoms with Gasteiger partial charge < -0.3 is 15.3 Å². The number of anilines is 1. The molecule has 20 heavy (non-hydrogen) atoms. The summed E-state index contributed by atoms with van der Waals surface area (Å²) in [6.07, 6.45) is 1.29. The van der Waals surface area contributed by atoms with Crippen LogP contribution in [0.5, 0.6) is 0 Å². The van der Waals surface area contributed by atoms with Gasteiger partial charge in [-0.3, -0.25) is 9.59 Å². The zero-order valence-electron chi connectivity index (χ0n) is 10.6. The van der Waals surface area contributed by atoms with Crippen LogP contribution in [0.25, 0.3) is 0 Å². The molecule has 0 radical (unpaired) electrons. The second kappa shape index (κ2) is 6.43. The van der Waals surface area contributed by atoms with Crippen molar-refractivity contribution in [1.29, 1.82) is 0 Å². The maximum Gasteiger partial charge on any atom is 0.249 e. The minimum absolute atomic E-state index is 0.234. The Morgan fingerprint density at radius 3 is 2.85 bits per heavy atom. The van der Waals surface area contributed by atoms with E-state index in [9.17, 15) is 9.59 Å². The average Bonchev–Trinajstić information content (AvgIpc) is 2.42. The standard InChI is InChI=1S/C13H14Cl2N2O3/c14-8-3-4-11(9(15)6-8)17-5-1-2-10(13(17)20)16-12(19)7-18/h3-4,6,10,18H,1-2,5,7H2,(H,16,19)/t10-/m1/s1. The Morgan fingerprint density at radius 2 is 2.20 bits per heavy atom. The fraction of sp³-hybridized carbons (Fsp3) is 0.385. The third-order valence-electron chi connectivity index (χ3n) is 3.12. The fourth-order valence-corrected chi connectivity index (χ4v) is 2.70. The second-order valence-corrected chi connectivity index (χ2v) is 5.35. The fourth-order valence-electron chi connectivity index (χ4n) is 2.19. The van der Waals surface area contributed by atoms with Crippen molar-refractivity contribution in [2.24, 2.45) is 0 Å². The van der Waals surface area contributed by atoms with E-state index in [4.69, 9.17) is 28.3 Å². The molecule has 7 heteroatoms. The number of hydrogen-bond donors (Lipinski definition) is 2. The smallest absolute Gasteiger partial charge is 0.249 e. The third kappa shape index (κ3) is 3.23. The third-order valence-corrected chi connectivity index (χ3v) is 3.66. The van der Waals surface area contributed by atoms with Crippen LogP contribution in [0.2, 0.25) is 10.0 Å². The number of nitrogens with zero attached hydrogens (tertiary/aromatic N) is 1. The first-order chi connectivity index (χ1) is 9.52. The van der Waals surface area contributed by atoms with Crippen LogP contribution >= 0.6 is 23.2 Å². The molecule has 1 atom stereocenters. The van der Waals surface area contributed by atoms with Crippen molar-refractivity contribution in [3.8, 4) is 0 Å². The zero-order valence-corrected chi connectivity index (χ0v) is 12.1. The van der Waals surface area contributed by atoms with E-state index in [2.05, 4.69) is 5.32 Å². The van der Waals surface area contributed by atoms with Crippen LogP contribution in [-0.4, -0.2) is 36.1 Å². The van der Waals surface area contributed by atoms with E-state index in [1.165, 1.54) is 4.90 Å². The van der Waals surface area contributed by atoms with Gasteiger partial charge in [0.15, 0.2) is 0 Å². The Morgan fingerprint density at radius 1 is 1.45 bits per heavy atom. The highest BCUT2D eigenvalue weighted by Gasteiger charge is 2.31. The lowest BCUT2D eigenvalue weighted by Crippen LogP contribution is -2.53. The summed E-state index contributed by atoms with van der Waals surface area (Å²) in [4.78, 5) is 25.1. The van der Waals surface area contributed by atoms with Crippen LogP contribution in [0.15, 0.2) is 18.2 Å². The first-order valence-corrected chi connectivity index (χ1v) is 6.95. The molecule has 0 aromatic heterocycles. The molecule has 2 amide bonds. The van der Waals surface area contributed by atoms with Crippen molar-refractivity contribution in [3.05, 3.63) is 28.2 Å². The number of rotatable bonds is 3. The lowest BCUT2D eigenvalue weighted by Gasteiger charge is -2.33. The molecule has 0 saturated carbocycles. The molecular formula is C13H14Cl2N2O3. The van der Waals surface area contributed by atoms with E-state index in [-0.39, 0.29) is 5.91 Å². The molecular weight excluding hydrogens is 303 g/mol. The van der Waals surface area contributed by atoms with Gasteiger partial charge in [-0.15, -0.1) is 0 Å². The van der Waals surface area contributed by atoms with Crippen molar-refractivity contribution >= 4 is 40.7 Å². The zero-order chi connectivity index (χ0) is 14.7. The Bertz CT molecular complexity index is 536. The molecule has 1 saturated heterocycles. The quantitative estimate of drug-likeness (QED) is 0.890. The number of aliphatic hydroxyl groups excluding tert-OH is 1. The molecule has 1 fully saturated rings. The van der Waals surface area contributed by atoms with Crippen LogP contribution in [0, 0.1) is 0 Å². The topological polar surface area (TPSA) is 69.6 Å². The van der Waals surface area contributed by atoms with Crippen molar-refractivity contribution in [2.75, 3.05) is 18.1 Å². The van der Waals surface area contributed by atoms with Crippen molar-refractivity contribution in [1.82, 2.24) is 5.32 Å². The van der Waals surface area contributed by atoms with Crippen LogP contribution in [0.3, 0.4) is 0 Å². The van der Waals surface area contributed by atoms with Gasteiger partial charge in [-0.25, -0.2) is 0 Å². The van der Waals surface area contributed by atoms with Gasteiger partial charge in [0.1, 0.15) is 12.6 Å². The summed E-state index contributed by atoms with van der Waals surface area (Å²) >= 11 is 11.9. The molecule has 0 unspecified atom stereocenters. The van der Waals surface area contributed by atoms with Crippen LogP contribution in [0.4, 0.5) is 5.69 Å². The number of piperidine rings is 1. The molecule has 2 N–H and O–H groups in total. The SMILES string of the molecule is O=C(CO)N[C@@H]1CCCN(c2ccc(Cl)cc2Cl)C1=O. The second-order valence-electron chi connectivity index (χ2n) is 4.51. The first-order valence-electron chi connectivity index (χ1n) is 6.19. The summed E-state index contributed by atoms with van der Waals surface area (Å²) in [6.45, 7) is -0.100. The maximum atomic E-state index is 12.4. The highest BCUT2D eigenvalue weighted by Crippen LogP contribution is 2.31. The monoisotopic (exact) mass is 316 g/mol. The molecule has 0 spiro atoms. The molecule has 1 heterocycles. The Labute approximate surface area is 126 Å². The van der Waals surface area contributed by atoms with Gasteiger partial charge in [-0.1, -0.05) is 23.2 Å². The van der Waals surface area contributed by atoms with Crippen molar-refractivity contribution in [3.63, 3.8) is 0 Å². The Kier molecular flexibility index (Phi) is 4.86. The summed E-state index contributed by atoms with van der Waals surface area (Å²) in [5.41, 5.74) is 0.573. The van der Waals surface area contributed by atoms with E-state index >= 15 is 0 Å². The molecule has 0 bridgehead atoms.